The SMILES string of the molecule is CC(C)(CO)[C@@H](N)c1c(O)cc(Br)cc1Br. The number of hydrogen-bond acceptors (Lipinski definition) is 3. The minimum Gasteiger partial charge on any atom is -0.508 e. The summed E-state index contributed by atoms with van der Waals surface area (Å²) in [6.45, 7) is 3.66. The summed E-state index contributed by atoms with van der Waals surface area (Å²) in [7, 11) is 0. The summed E-state index contributed by atoms with van der Waals surface area (Å²) in [6, 6.07) is 2.97. The molecule has 0 bridgehead atoms. The number of aliphatic hydroxyl groups excluding tert-OH is 1. The average Bonchev–Trinajstić information content (AvgIpc) is 2.15. The third-order valence-corrected chi connectivity index (χ3v) is 3.75. The van der Waals surface area contributed by atoms with Gasteiger partial charge in [-0.1, -0.05) is 45.7 Å². The molecule has 0 heterocycles. The molecule has 3 nitrogen and oxygen atoms in total. The van der Waals surface area contributed by atoms with Crippen molar-refractivity contribution in [3.63, 3.8) is 0 Å². The maximum absolute atomic E-state index is 9.88. The third kappa shape index (κ3) is 2.77. The molecule has 0 unspecified atom stereocenters. The molecule has 1 aromatic carbocycles. The summed E-state index contributed by atoms with van der Waals surface area (Å²) >= 11 is 6.65. The fourth-order valence-electron chi connectivity index (χ4n) is 1.37. The van der Waals surface area contributed by atoms with Crippen molar-refractivity contribution in [2.75, 3.05) is 6.61 Å². The molecule has 0 spiro atoms. The van der Waals surface area contributed by atoms with Crippen LogP contribution in [-0.2, 0) is 0 Å². The highest BCUT2D eigenvalue weighted by atomic mass is 79.9. The number of rotatable bonds is 3. The molecule has 0 saturated carbocycles. The van der Waals surface area contributed by atoms with Crippen LogP contribution < -0.4 is 5.73 Å². The van der Waals surface area contributed by atoms with Crippen molar-refractivity contribution < 1.29 is 10.2 Å². The lowest BCUT2D eigenvalue weighted by Gasteiger charge is -2.30. The maximum Gasteiger partial charge on any atom is 0.122 e. The van der Waals surface area contributed by atoms with Crippen LogP contribution in [0.1, 0.15) is 25.5 Å². The summed E-state index contributed by atoms with van der Waals surface area (Å²) < 4.78 is 1.50. The molecular formula is C11H15Br2NO2. The highest BCUT2D eigenvalue weighted by Crippen LogP contribution is 2.40. The van der Waals surface area contributed by atoms with E-state index in [9.17, 15) is 10.2 Å². The quantitative estimate of drug-likeness (QED) is 0.783. The van der Waals surface area contributed by atoms with Crippen LogP contribution in [0.25, 0.3) is 0 Å². The fraction of sp³-hybridized carbons (Fsp3) is 0.455. The predicted octanol–water partition coefficient (Wildman–Crippen LogP) is 2.94. The molecule has 0 aliphatic heterocycles. The molecule has 1 atom stereocenters. The highest BCUT2D eigenvalue weighted by molar-refractivity contribution is 9.11. The summed E-state index contributed by atoms with van der Waals surface area (Å²) in [6.07, 6.45) is 0. The van der Waals surface area contributed by atoms with Gasteiger partial charge in [-0.2, -0.15) is 0 Å². The Morgan fingerprint density at radius 3 is 2.38 bits per heavy atom. The van der Waals surface area contributed by atoms with Crippen LogP contribution in [0, 0.1) is 5.41 Å². The van der Waals surface area contributed by atoms with E-state index < -0.39 is 11.5 Å². The van der Waals surface area contributed by atoms with Gasteiger partial charge in [0.1, 0.15) is 5.75 Å². The van der Waals surface area contributed by atoms with E-state index in [4.69, 9.17) is 5.73 Å². The molecule has 16 heavy (non-hydrogen) atoms. The van der Waals surface area contributed by atoms with E-state index in [0.29, 0.717) is 5.56 Å². The predicted molar refractivity (Wildman–Crippen MR) is 71.3 cm³/mol. The number of benzene rings is 1. The zero-order valence-corrected chi connectivity index (χ0v) is 12.3. The summed E-state index contributed by atoms with van der Waals surface area (Å²) in [5.41, 5.74) is 6.19. The Bertz CT molecular complexity index is 371. The van der Waals surface area contributed by atoms with Gasteiger partial charge in [0.05, 0.1) is 0 Å². The molecule has 1 rings (SSSR count). The number of halogens is 2. The topological polar surface area (TPSA) is 66.5 Å². The molecule has 0 radical (unpaired) electrons. The van der Waals surface area contributed by atoms with Gasteiger partial charge in [-0.05, 0) is 12.1 Å². The lowest BCUT2D eigenvalue weighted by atomic mass is 9.81. The van der Waals surface area contributed by atoms with Gasteiger partial charge in [-0.15, -0.1) is 0 Å². The summed E-state index contributed by atoms with van der Waals surface area (Å²) in [5, 5.41) is 19.2. The molecule has 0 fully saturated rings. The monoisotopic (exact) mass is 351 g/mol. The lowest BCUT2D eigenvalue weighted by molar-refractivity contribution is 0.131. The van der Waals surface area contributed by atoms with Crippen LogP contribution in [0.4, 0.5) is 0 Å². The lowest BCUT2D eigenvalue weighted by Crippen LogP contribution is -2.32. The van der Waals surface area contributed by atoms with E-state index in [1.807, 2.05) is 19.9 Å². The van der Waals surface area contributed by atoms with E-state index in [-0.39, 0.29) is 12.4 Å². The van der Waals surface area contributed by atoms with Gasteiger partial charge >= 0.3 is 0 Å². The molecular weight excluding hydrogens is 338 g/mol. The number of phenols is 1. The molecule has 5 heteroatoms. The molecule has 4 N–H and O–H groups in total. The first-order valence-corrected chi connectivity index (χ1v) is 6.42. The molecule has 90 valence electrons. The zero-order chi connectivity index (χ0) is 12.5. The number of aliphatic hydroxyl groups is 1. The van der Waals surface area contributed by atoms with Crippen molar-refractivity contribution >= 4 is 31.9 Å². The van der Waals surface area contributed by atoms with Crippen LogP contribution >= 0.6 is 31.9 Å². The van der Waals surface area contributed by atoms with E-state index in [1.165, 1.54) is 0 Å². The molecule has 0 amide bonds. The van der Waals surface area contributed by atoms with Crippen LogP contribution in [0.5, 0.6) is 5.75 Å². The Morgan fingerprint density at radius 2 is 1.94 bits per heavy atom. The number of nitrogens with two attached hydrogens (primary N) is 1. The standard InChI is InChI=1S/C11H15Br2NO2/c1-11(2,5-15)10(14)9-7(13)3-6(12)4-8(9)16/h3-4,10,15-16H,5,14H2,1-2H3/t10-/m0/s1. The van der Waals surface area contributed by atoms with E-state index in [2.05, 4.69) is 31.9 Å². The number of aromatic hydroxyl groups is 1. The Morgan fingerprint density at radius 1 is 1.38 bits per heavy atom. The minimum absolute atomic E-state index is 0.0455. The van der Waals surface area contributed by atoms with Crippen molar-refractivity contribution in [3.8, 4) is 5.75 Å². The Kier molecular flexibility index (Phi) is 4.40. The molecule has 0 aliphatic carbocycles. The van der Waals surface area contributed by atoms with Gasteiger partial charge in [0.25, 0.3) is 0 Å². The van der Waals surface area contributed by atoms with Crippen molar-refractivity contribution in [1.82, 2.24) is 0 Å². The molecule has 0 aromatic heterocycles. The smallest absolute Gasteiger partial charge is 0.122 e. The van der Waals surface area contributed by atoms with E-state index in [1.54, 1.807) is 6.07 Å². The fourth-order valence-corrected chi connectivity index (χ4v) is 2.82. The van der Waals surface area contributed by atoms with Gasteiger partial charge in [0, 0.05) is 32.6 Å². The molecule has 1 aromatic rings. The van der Waals surface area contributed by atoms with Crippen LogP contribution in [0.15, 0.2) is 21.1 Å². The third-order valence-electron chi connectivity index (χ3n) is 2.63. The van der Waals surface area contributed by atoms with Crippen molar-refractivity contribution in [1.29, 1.82) is 0 Å². The van der Waals surface area contributed by atoms with Crippen LogP contribution in [0.2, 0.25) is 0 Å². The van der Waals surface area contributed by atoms with E-state index >= 15 is 0 Å². The maximum atomic E-state index is 9.88. The van der Waals surface area contributed by atoms with Crippen LogP contribution in [0.3, 0.4) is 0 Å². The van der Waals surface area contributed by atoms with Crippen molar-refractivity contribution in [3.05, 3.63) is 26.6 Å². The number of phenolic OH excluding ortho intramolecular Hbond substituents is 1. The van der Waals surface area contributed by atoms with Gasteiger partial charge in [-0.25, -0.2) is 0 Å². The van der Waals surface area contributed by atoms with Gasteiger partial charge in [0.2, 0.25) is 0 Å². The highest BCUT2D eigenvalue weighted by Gasteiger charge is 2.30. The largest absolute Gasteiger partial charge is 0.508 e. The Labute approximate surface area is 112 Å². The van der Waals surface area contributed by atoms with Gasteiger partial charge < -0.3 is 15.9 Å². The van der Waals surface area contributed by atoms with E-state index in [0.717, 1.165) is 8.95 Å². The first kappa shape index (κ1) is 14.0. The van der Waals surface area contributed by atoms with Crippen molar-refractivity contribution in [2.45, 2.75) is 19.9 Å². The second kappa shape index (κ2) is 5.04. The second-order valence-electron chi connectivity index (χ2n) is 4.44. The van der Waals surface area contributed by atoms with Gasteiger partial charge in [-0.3, -0.25) is 0 Å². The summed E-state index contributed by atoms with van der Waals surface area (Å²) in [4.78, 5) is 0. The average molecular weight is 353 g/mol. The molecule has 0 saturated heterocycles. The zero-order valence-electron chi connectivity index (χ0n) is 9.17. The van der Waals surface area contributed by atoms with Crippen molar-refractivity contribution in [2.24, 2.45) is 11.1 Å². The second-order valence-corrected chi connectivity index (χ2v) is 6.21. The molecule has 0 aliphatic rings. The minimum atomic E-state index is -0.492. The Hall–Kier alpha value is -0.100. The first-order valence-electron chi connectivity index (χ1n) is 4.84. The number of hydrogen-bond donors (Lipinski definition) is 3. The normalized spacial score (nSPS) is 13.9. The Balaban J connectivity index is 3.24. The van der Waals surface area contributed by atoms with Crippen LogP contribution in [-0.4, -0.2) is 16.8 Å². The first-order chi connectivity index (χ1) is 7.29. The van der Waals surface area contributed by atoms with Gasteiger partial charge in [0.15, 0.2) is 0 Å². The summed E-state index contributed by atoms with van der Waals surface area (Å²) in [5.74, 6) is 0.121.